The molecule has 1 aromatic rings. The maximum Gasteiger partial charge on any atom is 0.238 e. The van der Waals surface area contributed by atoms with E-state index in [1.807, 2.05) is 0 Å². The first kappa shape index (κ1) is 18.4. The van der Waals surface area contributed by atoms with E-state index >= 15 is 0 Å². The van der Waals surface area contributed by atoms with Crippen LogP contribution in [0.25, 0.3) is 0 Å². The molecule has 9 heteroatoms. The van der Waals surface area contributed by atoms with E-state index in [1.54, 1.807) is 19.4 Å². The minimum absolute atomic E-state index is 0.292. The molecule has 0 amide bonds. The van der Waals surface area contributed by atoms with Crippen LogP contribution < -0.4 is 9.46 Å². The number of ether oxygens (including phenoxy) is 2. The van der Waals surface area contributed by atoms with Gasteiger partial charge >= 0.3 is 0 Å². The van der Waals surface area contributed by atoms with Gasteiger partial charge in [0.25, 0.3) is 0 Å². The van der Waals surface area contributed by atoms with Crippen LogP contribution in [0, 0.1) is 0 Å². The molecule has 1 fully saturated rings. The van der Waals surface area contributed by atoms with Gasteiger partial charge in [-0.2, -0.15) is 0 Å². The van der Waals surface area contributed by atoms with Crippen molar-refractivity contribution in [1.82, 2.24) is 9.88 Å². The van der Waals surface area contributed by atoms with E-state index < -0.39 is 10.9 Å². The predicted molar refractivity (Wildman–Crippen MR) is 92.5 cm³/mol. The number of anilines is 1. The number of hydrogen-bond donors (Lipinski definition) is 2. The minimum atomic E-state index is -2.75. The zero-order valence-electron chi connectivity index (χ0n) is 13.0. The third-order valence-electron chi connectivity index (χ3n) is 3.68. The standard InChI is InChI=1S/C14H22BrN3O4S/c1-21-12-4-2-5-18(10-12)6-3-7-22-14-13(17-23(19)20)8-11(15)9-16-14/h8-9,12,23H,2-7,10H2,1H3,(H,17,19,20). The zero-order valence-corrected chi connectivity index (χ0v) is 15.5. The first-order valence-electron chi connectivity index (χ1n) is 7.53. The fourth-order valence-electron chi connectivity index (χ4n) is 2.59. The molecule has 0 bridgehead atoms. The van der Waals surface area contributed by atoms with Gasteiger partial charge in [0.1, 0.15) is 5.69 Å². The van der Waals surface area contributed by atoms with E-state index in [2.05, 4.69) is 30.5 Å². The van der Waals surface area contributed by atoms with Crippen molar-refractivity contribution in [3.63, 3.8) is 0 Å². The summed E-state index contributed by atoms with van der Waals surface area (Å²) in [4.78, 5) is 6.47. The molecule has 1 saturated heterocycles. The van der Waals surface area contributed by atoms with Crippen LogP contribution in [0.15, 0.2) is 16.7 Å². The molecular weight excluding hydrogens is 386 g/mol. The van der Waals surface area contributed by atoms with Gasteiger partial charge in [-0.05, 0) is 47.8 Å². The highest BCUT2D eigenvalue weighted by molar-refractivity contribution is 9.10. The molecule has 0 aromatic carbocycles. The molecule has 1 atom stereocenters. The molecule has 7 nitrogen and oxygen atoms in total. The molecule has 0 aliphatic carbocycles. The average molecular weight is 408 g/mol. The highest BCUT2D eigenvalue weighted by Gasteiger charge is 2.18. The van der Waals surface area contributed by atoms with Crippen molar-refractivity contribution in [3.8, 4) is 5.88 Å². The molecule has 1 aliphatic rings. The molecule has 2 heterocycles. The second-order valence-corrected chi connectivity index (χ2v) is 7.03. The number of rotatable bonds is 8. The molecule has 0 spiro atoms. The number of likely N-dealkylation sites (tertiary alicyclic amines) is 1. The third kappa shape index (κ3) is 6.25. The largest absolute Gasteiger partial charge is 0.476 e. The summed E-state index contributed by atoms with van der Waals surface area (Å²) in [6.07, 6.45) is 5.01. The first-order chi connectivity index (χ1) is 11.1. The number of halogens is 1. The van der Waals surface area contributed by atoms with Crippen LogP contribution in [0.3, 0.4) is 0 Å². The Morgan fingerprint density at radius 3 is 3.09 bits per heavy atom. The number of nitrogens with zero attached hydrogens (tertiary/aromatic N) is 2. The number of methoxy groups -OCH3 is 1. The summed E-state index contributed by atoms with van der Waals surface area (Å²) in [5.41, 5.74) is 0.341. The van der Waals surface area contributed by atoms with Gasteiger partial charge in [-0.15, -0.1) is 0 Å². The maximum atomic E-state index is 10.8. The summed E-state index contributed by atoms with van der Waals surface area (Å²) in [5.74, 6) is 0.292. The molecule has 1 N–H and O–H groups in total. The van der Waals surface area contributed by atoms with Crippen LogP contribution in [-0.2, 0) is 15.6 Å². The Kier molecular flexibility index (Phi) is 7.54. The molecule has 0 radical (unpaired) electrons. The van der Waals surface area contributed by atoms with Crippen LogP contribution in [0.2, 0.25) is 0 Å². The number of nitrogens with one attached hydrogen (secondary N) is 1. The van der Waals surface area contributed by atoms with Crippen LogP contribution in [0.4, 0.5) is 5.69 Å². The molecule has 1 aromatic heterocycles. The highest BCUT2D eigenvalue weighted by atomic mass is 79.9. The summed E-state index contributed by atoms with van der Waals surface area (Å²) in [5, 5.41) is 0. The lowest BCUT2D eigenvalue weighted by molar-refractivity contribution is 0.0298. The summed E-state index contributed by atoms with van der Waals surface area (Å²) >= 11 is 3.26. The van der Waals surface area contributed by atoms with E-state index in [0.717, 1.165) is 38.9 Å². The summed E-state index contributed by atoms with van der Waals surface area (Å²) in [7, 11) is -0.998. The van der Waals surface area contributed by atoms with Crippen molar-refractivity contribution >= 4 is 32.5 Å². The fraction of sp³-hybridized carbons (Fsp3) is 0.643. The van der Waals surface area contributed by atoms with E-state index in [0.29, 0.717) is 28.8 Å². The van der Waals surface area contributed by atoms with Crippen LogP contribution in [0.1, 0.15) is 19.3 Å². The number of piperidine rings is 1. The lowest BCUT2D eigenvalue weighted by Gasteiger charge is -2.31. The van der Waals surface area contributed by atoms with Crippen molar-refractivity contribution in [1.29, 1.82) is 0 Å². The SMILES string of the molecule is COC1CCCN(CCCOc2ncc(Br)cc2N[SH](=O)=O)C1. The van der Waals surface area contributed by atoms with Gasteiger partial charge in [0.05, 0.1) is 12.7 Å². The molecule has 130 valence electrons. The van der Waals surface area contributed by atoms with Gasteiger partial charge in [-0.3, -0.25) is 4.72 Å². The first-order valence-corrected chi connectivity index (χ1v) is 9.50. The molecule has 2 rings (SSSR count). The van der Waals surface area contributed by atoms with Gasteiger partial charge in [-0.25, -0.2) is 13.4 Å². The lowest BCUT2D eigenvalue weighted by Crippen LogP contribution is -2.40. The second kappa shape index (κ2) is 9.41. The second-order valence-electron chi connectivity index (χ2n) is 5.38. The summed E-state index contributed by atoms with van der Waals surface area (Å²) in [6, 6.07) is 1.63. The van der Waals surface area contributed by atoms with Gasteiger partial charge in [-0.1, -0.05) is 0 Å². The van der Waals surface area contributed by atoms with Gasteiger partial charge < -0.3 is 14.4 Å². The average Bonchev–Trinajstić information content (AvgIpc) is 2.53. The molecule has 0 saturated carbocycles. The number of thiol groups is 1. The van der Waals surface area contributed by atoms with Gasteiger partial charge in [0.2, 0.25) is 16.8 Å². The Morgan fingerprint density at radius 1 is 1.52 bits per heavy atom. The van der Waals surface area contributed by atoms with Crippen molar-refractivity contribution < 1.29 is 17.9 Å². The van der Waals surface area contributed by atoms with Crippen molar-refractivity contribution in [2.24, 2.45) is 0 Å². The Balaban J connectivity index is 1.79. The van der Waals surface area contributed by atoms with Crippen molar-refractivity contribution in [2.45, 2.75) is 25.4 Å². The quantitative estimate of drug-likeness (QED) is 0.503. The molecule has 23 heavy (non-hydrogen) atoms. The Bertz CT molecular complexity index is 577. The third-order valence-corrected chi connectivity index (χ3v) is 4.54. The van der Waals surface area contributed by atoms with Gasteiger partial charge in [0, 0.05) is 30.9 Å². The lowest BCUT2D eigenvalue weighted by atomic mass is 10.1. The minimum Gasteiger partial charge on any atom is -0.476 e. The number of pyridine rings is 1. The summed E-state index contributed by atoms with van der Waals surface area (Å²) < 4.78 is 35.7. The van der Waals surface area contributed by atoms with Crippen molar-refractivity contribution in [2.75, 3.05) is 38.1 Å². The molecule has 1 unspecified atom stereocenters. The number of aromatic nitrogens is 1. The predicted octanol–water partition coefficient (Wildman–Crippen LogP) is 1.66. The normalized spacial score (nSPS) is 19.0. The Hall–Kier alpha value is -0.900. The van der Waals surface area contributed by atoms with E-state index in [-0.39, 0.29) is 0 Å². The van der Waals surface area contributed by atoms with Crippen molar-refractivity contribution in [3.05, 3.63) is 16.7 Å². The Labute approximate surface area is 146 Å². The highest BCUT2D eigenvalue weighted by Crippen LogP contribution is 2.25. The van der Waals surface area contributed by atoms with Gasteiger partial charge in [0.15, 0.2) is 0 Å². The number of hydrogen-bond acceptors (Lipinski definition) is 6. The smallest absolute Gasteiger partial charge is 0.238 e. The summed E-state index contributed by atoms with van der Waals surface area (Å²) in [6.45, 7) is 3.44. The zero-order chi connectivity index (χ0) is 16.7. The molecule has 1 aliphatic heterocycles. The van der Waals surface area contributed by atoms with Crippen LogP contribution >= 0.6 is 15.9 Å². The maximum absolute atomic E-state index is 10.8. The van der Waals surface area contributed by atoms with E-state index in [9.17, 15) is 8.42 Å². The topological polar surface area (TPSA) is 80.8 Å². The van der Waals surface area contributed by atoms with Crippen LogP contribution in [-0.4, -0.2) is 57.8 Å². The fourth-order valence-corrected chi connectivity index (χ4v) is 3.27. The monoisotopic (exact) mass is 407 g/mol. The Morgan fingerprint density at radius 2 is 2.35 bits per heavy atom. The van der Waals surface area contributed by atoms with E-state index in [1.165, 1.54) is 0 Å². The van der Waals surface area contributed by atoms with Crippen LogP contribution in [0.5, 0.6) is 5.88 Å². The van der Waals surface area contributed by atoms with E-state index in [4.69, 9.17) is 9.47 Å². The molecular formula is C14H22BrN3O4S.